The number of aromatic nitrogens is 1. The first-order chi connectivity index (χ1) is 8.15. The van der Waals surface area contributed by atoms with Crippen molar-refractivity contribution >= 4 is 28.3 Å². The monoisotopic (exact) mass is 333 g/mol. The van der Waals surface area contributed by atoms with E-state index in [1.54, 1.807) is 0 Å². The lowest BCUT2D eigenvalue weighted by Crippen LogP contribution is -2.41. The van der Waals surface area contributed by atoms with Gasteiger partial charge in [-0.15, -0.1) is 12.4 Å². The molecule has 1 aromatic rings. The lowest BCUT2D eigenvalue weighted by atomic mass is 9.92. The summed E-state index contributed by atoms with van der Waals surface area (Å²) in [6.07, 6.45) is 6.29. The number of piperidine rings is 1. The molecular formula is C13H21BrClN3. The van der Waals surface area contributed by atoms with Crippen LogP contribution >= 0.6 is 28.3 Å². The first-order valence-corrected chi connectivity index (χ1v) is 7.02. The summed E-state index contributed by atoms with van der Waals surface area (Å²) in [6.45, 7) is 5.39. The topological polar surface area (TPSA) is 42.1 Å². The number of nitrogens with two attached hydrogens (primary N) is 1. The van der Waals surface area contributed by atoms with Crippen LogP contribution in [-0.4, -0.2) is 29.0 Å². The molecule has 1 saturated heterocycles. The van der Waals surface area contributed by atoms with Gasteiger partial charge in [-0.25, -0.2) is 0 Å². The normalized spacial score (nSPS) is 22.3. The van der Waals surface area contributed by atoms with Crippen molar-refractivity contribution in [1.82, 2.24) is 9.88 Å². The molecule has 0 radical (unpaired) electrons. The second-order valence-corrected chi connectivity index (χ2v) is 5.92. The molecule has 5 heteroatoms. The van der Waals surface area contributed by atoms with Crippen LogP contribution in [-0.2, 0) is 6.54 Å². The summed E-state index contributed by atoms with van der Waals surface area (Å²) < 4.78 is 1.05. The summed E-state index contributed by atoms with van der Waals surface area (Å²) in [7, 11) is 0. The van der Waals surface area contributed by atoms with E-state index in [0.29, 0.717) is 12.0 Å². The Kier molecular flexibility index (Phi) is 6.57. The minimum atomic E-state index is 0. The van der Waals surface area contributed by atoms with Crippen LogP contribution in [0, 0.1) is 5.92 Å². The minimum absolute atomic E-state index is 0. The summed E-state index contributed by atoms with van der Waals surface area (Å²) >= 11 is 3.46. The smallest absolute Gasteiger partial charge is 0.0410 e. The Morgan fingerprint density at radius 3 is 3.00 bits per heavy atom. The van der Waals surface area contributed by atoms with Crippen LogP contribution in [0.1, 0.15) is 25.3 Å². The first-order valence-electron chi connectivity index (χ1n) is 6.22. The highest BCUT2D eigenvalue weighted by Crippen LogP contribution is 2.21. The maximum atomic E-state index is 6.00. The molecule has 1 fully saturated rings. The van der Waals surface area contributed by atoms with E-state index >= 15 is 0 Å². The van der Waals surface area contributed by atoms with Crippen molar-refractivity contribution < 1.29 is 0 Å². The molecule has 1 aliphatic heterocycles. The van der Waals surface area contributed by atoms with Crippen LogP contribution in [0.3, 0.4) is 0 Å². The number of pyridine rings is 1. The van der Waals surface area contributed by atoms with Crippen molar-refractivity contribution in [2.45, 2.75) is 32.4 Å². The molecule has 102 valence electrons. The molecule has 2 atom stereocenters. The van der Waals surface area contributed by atoms with Crippen LogP contribution in [0.15, 0.2) is 22.9 Å². The zero-order valence-corrected chi connectivity index (χ0v) is 13.1. The number of nitrogens with zero attached hydrogens (tertiary/aromatic N) is 2. The van der Waals surface area contributed by atoms with Crippen LogP contribution in [0.4, 0.5) is 0 Å². The Morgan fingerprint density at radius 1 is 1.56 bits per heavy atom. The zero-order valence-electron chi connectivity index (χ0n) is 10.7. The number of halogens is 2. The van der Waals surface area contributed by atoms with Gasteiger partial charge in [0.05, 0.1) is 0 Å². The number of hydrogen-bond acceptors (Lipinski definition) is 3. The van der Waals surface area contributed by atoms with Crippen LogP contribution in [0.25, 0.3) is 0 Å². The zero-order chi connectivity index (χ0) is 12.3. The molecule has 2 N–H and O–H groups in total. The Balaban J connectivity index is 0.00000162. The third-order valence-electron chi connectivity index (χ3n) is 3.45. The molecule has 1 aromatic heterocycles. The van der Waals surface area contributed by atoms with Gasteiger partial charge in [-0.05, 0) is 59.8 Å². The fourth-order valence-corrected chi connectivity index (χ4v) is 2.88. The van der Waals surface area contributed by atoms with E-state index in [0.717, 1.165) is 17.6 Å². The van der Waals surface area contributed by atoms with Gasteiger partial charge in [0.25, 0.3) is 0 Å². The van der Waals surface area contributed by atoms with Gasteiger partial charge in [0.1, 0.15) is 0 Å². The number of rotatable bonds is 3. The first kappa shape index (κ1) is 15.9. The van der Waals surface area contributed by atoms with Crippen LogP contribution in [0.2, 0.25) is 0 Å². The summed E-state index contributed by atoms with van der Waals surface area (Å²) in [5.74, 6) is 0.642. The molecular weight excluding hydrogens is 314 g/mol. The highest BCUT2D eigenvalue weighted by Gasteiger charge is 2.22. The molecule has 0 spiro atoms. The van der Waals surface area contributed by atoms with E-state index in [1.807, 2.05) is 12.4 Å². The predicted octanol–water partition coefficient (Wildman–Crippen LogP) is 2.83. The third kappa shape index (κ3) is 4.50. The second-order valence-electron chi connectivity index (χ2n) is 5.01. The summed E-state index contributed by atoms with van der Waals surface area (Å²) in [5, 5.41) is 0. The Morgan fingerprint density at radius 2 is 2.33 bits per heavy atom. The predicted molar refractivity (Wildman–Crippen MR) is 80.8 cm³/mol. The van der Waals surface area contributed by atoms with Gasteiger partial charge in [0, 0.05) is 36.0 Å². The summed E-state index contributed by atoms with van der Waals surface area (Å²) in [5.41, 5.74) is 7.27. The van der Waals surface area contributed by atoms with E-state index in [4.69, 9.17) is 5.73 Å². The summed E-state index contributed by atoms with van der Waals surface area (Å²) in [4.78, 5) is 6.69. The fourth-order valence-electron chi connectivity index (χ4n) is 2.46. The molecule has 2 rings (SSSR count). The van der Waals surface area contributed by atoms with E-state index in [-0.39, 0.29) is 12.4 Å². The van der Waals surface area contributed by atoms with E-state index in [2.05, 4.69) is 38.8 Å². The van der Waals surface area contributed by atoms with Gasteiger partial charge >= 0.3 is 0 Å². The Bertz CT molecular complexity index is 373. The van der Waals surface area contributed by atoms with Crippen molar-refractivity contribution in [3.05, 3.63) is 28.5 Å². The quantitative estimate of drug-likeness (QED) is 0.924. The van der Waals surface area contributed by atoms with Crippen molar-refractivity contribution in [2.24, 2.45) is 11.7 Å². The van der Waals surface area contributed by atoms with Gasteiger partial charge in [-0.1, -0.05) is 0 Å². The molecule has 2 unspecified atom stereocenters. The standard InChI is InChI=1S/C13H20BrN3.ClH/c1-10(15)12-3-2-4-17(9-12)8-11-5-13(14)7-16-6-11;/h5-7,10,12H,2-4,8-9,15H2,1H3;1H. The van der Waals surface area contributed by atoms with Crippen molar-refractivity contribution in [3.63, 3.8) is 0 Å². The molecule has 0 aliphatic carbocycles. The molecule has 0 amide bonds. The van der Waals surface area contributed by atoms with Crippen LogP contribution in [0.5, 0.6) is 0 Å². The molecule has 1 aliphatic rings. The van der Waals surface area contributed by atoms with Gasteiger partial charge in [-0.2, -0.15) is 0 Å². The molecule has 2 heterocycles. The Hall–Kier alpha value is -0.160. The molecule has 3 nitrogen and oxygen atoms in total. The highest BCUT2D eigenvalue weighted by molar-refractivity contribution is 9.10. The number of hydrogen-bond donors (Lipinski definition) is 1. The van der Waals surface area contributed by atoms with Crippen molar-refractivity contribution in [2.75, 3.05) is 13.1 Å². The molecule has 0 bridgehead atoms. The van der Waals surface area contributed by atoms with Crippen molar-refractivity contribution in [3.8, 4) is 0 Å². The average molecular weight is 335 g/mol. The fraction of sp³-hybridized carbons (Fsp3) is 0.615. The lowest BCUT2D eigenvalue weighted by molar-refractivity contribution is 0.154. The molecule has 0 saturated carbocycles. The second kappa shape index (κ2) is 7.43. The van der Waals surface area contributed by atoms with Gasteiger partial charge in [0.15, 0.2) is 0 Å². The van der Waals surface area contributed by atoms with E-state index in [1.165, 1.54) is 24.9 Å². The molecule has 0 aromatic carbocycles. The number of likely N-dealkylation sites (tertiary alicyclic amines) is 1. The lowest BCUT2D eigenvalue weighted by Gasteiger charge is -2.34. The third-order valence-corrected chi connectivity index (χ3v) is 3.89. The molecule has 18 heavy (non-hydrogen) atoms. The van der Waals surface area contributed by atoms with E-state index < -0.39 is 0 Å². The SMILES string of the molecule is CC(N)C1CCCN(Cc2cncc(Br)c2)C1.Cl. The van der Waals surface area contributed by atoms with Gasteiger partial charge < -0.3 is 5.73 Å². The average Bonchev–Trinajstić information content (AvgIpc) is 2.29. The van der Waals surface area contributed by atoms with Crippen molar-refractivity contribution in [1.29, 1.82) is 0 Å². The van der Waals surface area contributed by atoms with E-state index in [9.17, 15) is 0 Å². The summed E-state index contributed by atoms with van der Waals surface area (Å²) in [6, 6.07) is 2.45. The maximum absolute atomic E-state index is 6.00. The maximum Gasteiger partial charge on any atom is 0.0410 e. The van der Waals surface area contributed by atoms with Crippen LogP contribution < -0.4 is 5.73 Å². The largest absolute Gasteiger partial charge is 0.328 e. The van der Waals surface area contributed by atoms with Gasteiger partial charge in [0.2, 0.25) is 0 Å². The Labute approximate surface area is 124 Å². The van der Waals surface area contributed by atoms with Gasteiger partial charge in [-0.3, -0.25) is 9.88 Å². The minimum Gasteiger partial charge on any atom is -0.328 e. The highest BCUT2D eigenvalue weighted by atomic mass is 79.9.